The van der Waals surface area contributed by atoms with E-state index in [9.17, 15) is 19.5 Å². The average molecular weight is 722 g/mol. The zero-order valence-corrected chi connectivity index (χ0v) is 33.4. The van der Waals surface area contributed by atoms with Gasteiger partial charge >= 0.3 is 11.9 Å². The predicted molar refractivity (Wildman–Crippen MR) is 203 cm³/mol. The predicted octanol–water partition coefficient (Wildman–Crippen LogP) is 10.4. The minimum atomic E-state index is -0.890. The molecule has 0 unspecified atom stereocenters. The maximum Gasteiger partial charge on any atom is 0.306 e. The molecule has 6 rings (SSSR count). The van der Waals surface area contributed by atoms with E-state index >= 15 is 0 Å². The molecule has 0 aliphatic heterocycles. The molecule has 0 spiro atoms. The van der Waals surface area contributed by atoms with Crippen LogP contribution in [0.4, 0.5) is 0 Å². The number of rotatable bonds is 9. The van der Waals surface area contributed by atoms with E-state index in [0.717, 1.165) is 63.4 Å². The summed E-state index contributed by atoms with van der Waals surface area (Å²) in [7, 11) is 0. The van der Waals surface area contributed by atoms with Crippen molar-refractivity contribution in [2.75, 3.05) is 0 Å². The Labute approximate surface area is 312 Å². The lowest BCUT2D eigenvalue weighted by molar-refractivity contribution is -0.249. The number of benzene rings is 1. The zero-order valence-electron chi connectivity index (χ0n) is 32.6. The summed E-state index contributed by atoms with van der Waals surface area (Å²) in [6, 6.07) is 7.80. The number of carbonyl (C=O) groups is 3. The van der Waals surface area contributed by atoms with Gasteiger partial charge in [-0.15, -0.1) is 0 Å². The molecular weight excluding hydrogens is 658 g/mol. The van der Waals surface area contributed by atoms with Crippen LogP contribution in [-0.2, 0) is 25.7 Å². The van der Waals surface area contributed by atoms with Crippen LogP contribution in [0.1, 0.15) is 138 Å². The lowest BCUT2D eigenvalue weighted by Crippen LogP contribution is -2.67. The number of hydrogen-bond acceptors (Lipinski definition) is 4. The molecule has 2 N–H and O–H groups in total. The fourth-order valence-electron chi connectivity index (χ4n) is 13.8. The van der Waals surface area contributed by atoms with Gasteiger partial charge in [0.2, 0.25) is 5.91 Å². The summed E-state index contributed by atoms with van der Waals surface area (Å²) < 4.78 is 6.27. The van der Waals surface area contributed by atoms with Crippen LogP contribution < -0.4 is 5.32 Å². The van der Waals surface area contributed by atoms with Crippen molar-refractivity contribution in [3.63, 3.8) is 0 Å². The van der Waals surface area contributed by atoms with Crippen molar-refractivity contribution in [3.8, 4) is 0 Å². The Balaban J connectivity index is 1.24. The van der Waals surface area contributed by atoms with Gasteiger partial charge in [-0.3, -0.25) is 14.4 Å². The third-order valence-electron chi connectivity index (χ3n) is 16.4. The first-order valence-electron chi connectivity index (χ1n) is 19.8. The Kier molecular flexibility index (Phi) is 9.94. The first-order chi connectivity index (χ1) is 23.7. The topological polar surface area (TPSA) is 92.7 Å². The molecule has 0 aromatic heterocycles. The van der Waals surface area contributed by atoms with E-state index < -0.39 is 11.4 Å². The summed E-state index contributed by atoms with van der Waals surface area (Å²) in [4.78, 5) is 39.1. The van der Waals surface area contributed by atoms with Crippen molar-refractivity contribution in [1.82, 2.24) is 5.32 Å². The van der Waals surface area contributed by atoms with Gasteiger partial charge in [0.05, 0.1) is 18.3 Å². The van der Waals surface area contributed by atoms with Crippen LogP contribution in [-0.4, -0.2) is 29.1 Å². The molecule has 5 fully saturated rings. The van der Waals surface area contributed by atoms with Gasteiger partial charge in [0.1, 0.15) is 6.10 Å². The molecule has 1 aromatic rings. The van der Waals surface area contributed by atoms with Gasteiger partial charge in [-0.1, -0.05) is 90.4 Å². The van der Waals surface area contributed by atoms with E-state index in [1.165, 1.54) is 12.0 Å². The van der Waals surface area contributed by atoms with Crippen LogP contribution in [0.3, 0.4) is 0 Å². The normalized spacial score (nSPS) is 39.8. The third-order valence-corrected chi connectivity index (χ3v) is 16.8. The highest BCUT2D eigenvalue weighted by Crippen LogP contribution is 2.77. The monoisotopic (exact) mass is 721 g/mol. The molecule has 1 aromatic carbocycles. The molecule has 5 saturated carbocycles. The first-order valence-corrected chi connectivity index (χ1v) is 20.2. The van der Waals surface area contributed by atoms with E-state index in [0.29, 0.717) is 41.2 Å². The average Bonchev–Trinajstić information content (AvgIpc) is 3.43. The highest BCUT2D eigenvalue weighted by Gasteiger charge is 2.72. The van der Waals surface area contributed by atoms with Gasteiger partial charge in [0.25, 0.3) is 0 Å². The lowest BCUT2D eigenvalue weighted by Gasteiger charge is -2.72. The highest BCUT2D eigenvalue weighted by atomic mass is 35.5. The van der Waals surface area contributed by atoms with Crippen molar-refractivity contribution in [3.05, 3.63) is 47.0 Å². The second-order valence-electron chi connectivity index (χ2n) is 19.9. The van der Waals surface area contributed by atoms with Crippen molar-refractivity contribution >= 4 is 29.4 Å². The summed E-state index contributed by atoms with van der Waals surface area (Å²) in [5.41, 5.74) is 1.37. The summed E-state index contributed by atoms with van der Waals surface area (Å²) in [5.74, 6) is 1.14. The molecule has 0 heterocycles. The van der Waals surface area contributed by atoms with Crippen LogP contribution in [0.5, 0.6) is 0 Å². The number of carboxylic acid groups (broad SMARTS) is 1. The van der Waals surface area contributed by atoms with Gasteiger partial charge < -0.3 is 15.2 Å². The minimum absolute atomic E-state index is 0.0563. The van der Waals surface area contributed by atoms with Gasteiger partial charge in [-0.2, -0.15) is 0 Å². The molecule has 5 aliphatic rings. The third kappa shape index (κ3) is 6.19. The molecule has 1 amide bonds. The minimum Gasteiger partial charge on any atom is -0.481 e. The molecule has 10 atom stereocenters. The second-order valence-corrected chi connectivity index (χ2v) is 20.3. The smallest absolute Gasteiger partial charge is 0.306 e. The van der Waals surface area contributed by atoms with Crippen molar-refractivity contribution in [1.29, 1.82) is 0 Å². The molecule has 51 heavy (non-hydrogen) atoms. The summed E-state index contributed by atoms with van der Waals surface area (Å²) in [6.07, 6.45) is 10.3. The molecule has 0 bridgehead atoms. The van der Waals surface area contributed by atoms with Crippen molar-refractivity contribution in [2.45, 2.75) is 145 Å². The fourth-order valence-corrected chi connectivity index (χ4v) is 14.0. The van der Waals surface area contributed by atoms with E-state index in [-0.39, 0.29) is 57.9 Å². The van der Waals surface area contributed by atoms with E-state index in [2.05, 4.69) is 53.4 Å². The number of esters is 1. The van der Waals surface area contributed by atoms with Gasteiger partial charge in [0, 0.05) is 17.0 Å². The van der Waals surface area contributed by atoms with E-state index in [4.69, 9.17) is 16.3 Å². The number of carboxylic acids is 1. The lowest BCUT2D eigenvalue weighted by atomic mass is 9.32. The molecule has 7 heteroatoms. The number of carbonyl (C=O) groups excluding carboxylic acids is 2. The van der Waals surface area contributed by atoms with Gasteiger partial charge in [0.15, 0.2) is 0 Å². The summed E-state index contributed by atoms with van der Waals surface area (Å²) in [5, 5.41) is 13.4. The van der Waals surface area contributed by atoms with Crippen LogP contribution in [0.15, 0.2) is 36.4 Å². The molecule has 5 aliphatic carbocycles. The van der Waals surface area contributed by atoms with Crippen LogP contribution >= 0.6 is 11.6 Å². The molecular formula is C44H64ClNO5. The standard InChI is InChI=1S/C44H64ClNO5/c1-27(2)29-16-21-44(38(50)46-26-28-12-10-11-13-31(28)45)23-22-42(8)30(37(29)44)14-15-33-41(7)19-18-34(40(5,6)32(41)17-20-43(33,42)9)51-36(49)25-39(3,4)24-35(47)48/h10-13,29-30,32-34,37H,1,14-26H2,2-9H3,(H,46,50)(H,47,48)/t29-,30+,32-,33+,34-,37+,41-,42+,43+,44-/m0/s1. The maximum absolute atomic E-state index is 14.5. The van der Waals surface area contributed by atoms with Gasteiger partial charge in [-0.05, 0) is 134 Å². The fraction of sp³-hybridized carbons (Fsp3) is 0.750. The zero-order chi connectivity index (χ0) is 37.4. The van der Waals surface area contributed by atoms with Gasteiger partial charge in [-0.25, -0.2) is 0 Å². The molecule has 282 valence electrons. The Morgan fingerprint density at radius 1 is 0.902 bits per heavy atom. The Morgan fingerprint density at radius 3 is 2.27 bits per heavy atom. The number of halogens is 1. The Bertz CT molecular complexity index is 1570. The number of hydrogen-bond donors (Lipinski definition) is 2. The number of aliphatic carboxylic acids is 1. The molecule has 0 radical (unpaired) electrons. The molecule has 6 nitrogen and oxygen atoms in total. The van der Waals surface area contributed by atoms with Crippen LogP contribution in [0.2, 0.25) is 5.02 Å². The Hall–Kier alpha value is -2.34. The quantitative estimate of drug-likeness (QED) is 0.196. The summed E-state index contributed by atoms with van der Waals surface area (Å²) >= 11 is 6.50. The highest BCUT2D eigenvalue weighted by molar-refractivity contribution is 6.31. The number of fused-ring (bicyclic) bond motifs is 7. The summed E-state index contributed by atoms with van der Waals surface area (Å²) in [6.45, 7) is 23.2. The van der Waals surface area contributed by atoms with Crippen LogP contribution in [0, 0.1) is 62.1 Å². The van der Waals surface area contributed by atoms with Crippen molar-refractivity contribution in [2.24, 2.45) is 62.1 Å². The Morgan fingerprint density at radius 2 is 1.61 bits per heavy atom. The first kappa shape index (κ1) is 38.4. The van der Waals surface area contributed by atoms with E-state index in [1.807, 2.05) is 38.1 Å². The number of nitrogens with one attached hydrogen (secondary N) is 1. The number of allylic oxidation sites excluding steroid dienone is 1. The largest absolute Gasteiger partial charge is 0.481 e. The SMILES string of the molecule is C=C(C)[C@@H]1CC[C@]2(C(=O)NCc3ccccc3Cl)CC[C@]3(C)[C@H](CC[C@@H]4[C@@]5(C)CC[C@H](OC(=O)CC(C)(C)CC(=O)O)C(C)(C)[C@@H]5CC[C@]43C)[C@@H]12. The van der Waals surface area contributed by atoms with Crippen LogP contribution in [0.25, 0.3) is 0 Å². The maximum atomic E-state index is 14.5. The van der Waals surface area contributed by atoms with Crippen molar-refractivity contribution < 1.29 is 24.2 Å². The van der Waals surface area contributed by atoms with E-state index in [1.54, 1.807) is 0 Å². The number of ether oxygens (including phenoxy) is 1. The second kappa shape index (κ2) is 13.2. The molecule has 0 saturated heterocycles. The number of amides is 1.